The normalized spacial score (nSPS) is 14.5. The summed E-state index contributed by atoms with van der Waals surface area (Å²) >= 11 is 1.27. The Labute approximate surface area is 255 Å². The zero-order valence-electron chi connectivity index (χ0n) is 25.2. The number of H-pyrrole nitrogens is 1. The second kappa shape index (κ2) is 12.2. The number of thiophene rings is 1. The van der Waals surface area contributed by atoms with Crippen LogP contribution in [-0.2, 0) is 16.8 Å². The standard InChI is InChI=1S/C32H38N6O4S/c1-31(2,3)42-30(41)38-17-15-37(16-18-38)20-21-11-13-22(14-12-21)27(39)33-26-24-19-25(43-29(24)36-35-26)28(40)34-32(4,5)23-9-7-6-8-10-23/h6-14,19H,15-18,20H2,1-5H3,(H,34,40)(H2,33,35,36,39). The number of carbonyl (C=O) groups is 3. The maximum absolute atomic E-state index is 13.1. The van der Waals surface area contributed by atoms with Gasteiger partial charge in [0, 0.05) is 38.3 Å². The Kier molecular flexibility index (Phi) is 8.57. The molecule has 0 atom stereocenters. The molecule has 2 aromatic heterocycles. The number of carbonyl (C=O) groups excluding carboxylic acids is 3. The summed E-state index contributed by atoms with van der Waals surface area (Å²) in [6.45, 7) is 13.0. The van der Waals surface area contributed by atoms with E-state index in [-0.39, 0.29) is 17.9 Å². The lowest BCUT2D eigenvalue weighted by Crippen LogP contribution is -2.49. The molecule has 3 heterocycles. The van der Waals surface area contributed by atoms with Crippen molar-refractivity contribution >= 4 is 45.3 Å². The molecule has 4 aromatic rings. The monoisotopic (exact) mass is 602 g/mol. The Morgan fingerprint density at radius 1 is 0.930 bits per heavy atom. The minimum Gasteiger partial charge on any atom is -0.444 e. The number of anilines is 1. The summed E-state index contributed by atoms with van der Waals surface area (Å²) in [7, 11) is 0. The van der Waals surface area contributed by atoms with Gasteiger partial charge in [-0.15, -0.1) is 11.3 Å². The van der Waals surface area contributed by atoms with Gasteiger partial charge in [0.15, 0.2) is 0 Å². The highest BCUT2D eigenvalue weighted by Crippen LogP contribution is 2.30. The lowest BCUT2D eigenvalue weighted by molar-refractivity contribution is 0.0139. The molecule has 0 spiro atoms. The maximum Gasteiger partial charge on any atom is 0.410 e. The Morgan fingerprint density at radius 2 is 1.60 bits per heavy atom. The van der Waals surface area contributed by atoms with Crippen molar-refractivity contribution in [2.75, 3.05) is 31.5 Å². The topological polar surface area (TPSA) is 120 Å². The van der Waals surface area contributed by atoms with Crippen molar-refractivity contribution < 1.29 is 19.1 Å². The third-order valence-corrected chi connectivity index (χ3v) is 8.31. The number of benzene rings is 2. The van der Waals surface area contributed by atoms with E-state index < -0.39 is 11.1 Å². The van der Waals surface area contributed by atoms with E-state index in [4.69, 9.17) is 4.74 Å². The molecule has 11 heteroatoms. The van der Waals surface area contributed by atoms with Crippen molar-refractivity contribution in [3.63, 3.8) is 0 Å². The van der Waals surface area contributed by atoms with Crippen molar-refractivity contribution in [1.82, 2.24) is 25.3 Å². The van der Waals surface area contributed by atoms with Gasteiger partial charge in [0.25, 0.3) is 11.8 Å². The molecule has 0 aliphatic carbocycles. The van der Waals surface area contributed by atoms with Crippen LogP contribution in [0.15, 0.2) is 60.7 Å². The molecule has 1 saturated heterocycles. The number of hydrogen-bond acceptors (Lipinski definition) is 7. The summed E-state index contributed by atoms with van der Waals surface area (Å²) in [5.74, 6) is -0.0222. The summed E-state index contributed by atoms with van der Waals surface area (Å²) in [6.07, 6.45) is -0.272. The predicted molar refractivity (Wildman–Crippen MR) is 168 cm³/mol. The fourth-order valence-corrected chi connectivity index (χ4v) is 5.80. The molecule has 1 aliphatic rings. The highest BCUT2D eigenvalue weighted by molar-refractivity contribution is 7.20. The molecular formula is C32H38N6O4S. The van der Waals surface area contributed by atoms with Crippen molar-refractivity contribution in [3.8, 4) is 0 Å². The molecule has 0 saturated carbocycles. The van der Waals surface area contributed by atoms with Crippen LogP contribution in [0.5, 0.6) is 0 Å². The van der Waals surface area contributed by atoms with Gasteiger partial charge in [-0.05, 0) is 63.9 Å². The van der Waals surface area contributed by atoms with E-state index in [2.05, 4.69) is 25.7 Å². The number of hydrogen-bond donors (Lipinski definition) is 3. The summed E-state index contributed by atoms with van der Waals surface area (Å²) in [6, 6.07) is 19.0. The third kappa shape index (κ3) is 7.41. The molecule has 0 bridgehead atoms. The minimum absolute atomic E-state index is 0.198. The number of aromatic amines is 1. The molecule has 0 unspecified atom stereocenters. The van der Waals surface area contributed by atoms with Crippen LogP contribution in [0.2, 0.25) is 0 Å². The van der Waals surface area contributed by atoms with Gasteiger partial charge in [0.1, 0.15) is 16.2 Å². The van der Waals surface area contributed by atoms with Gasteiger partial charge >= 0.3 is 6.09 Å². The van der Waals surface area contributed by atoms with Crippen LogP contribution in [0.1, 0.15) is 65.8 Å². The first-order chi connectivity index (χ1) is 20.4. The molecule has 1 fully saturated rings. The molecule has 3 N–H and O–H groups in total. The second-order valence-electron chi connectivity index (χ2n) is 12.3. The zero-order chi connectivity index (χ0) is 30.8. The molecule has 43 heavy (non-hydrogen) atoms. The largest absolute Gasteiger partial charge is 0.444 e. The van der Waals surface area contributed by atoms with Crippen LogP contribution in [0.3, 0.4) is 0 Å². The first kappa shape index (κ1) is 30.2. The Morgan fingerprint density at radius 3 is 2.26 bits per heavy atom. The van der Waals surface area contributed by atoms with E-state index in [1.807, 2.05) is 77.1 Å². The van der Waals surface area contributed by atoms with E-state index in [1.165, 1.54) is 11.3 Å². The molecule has 5 rings (SSSR count). The number of nitrogens with zero attached hydrogens (tertiary/aromatic N) is 3. The number of nitrogens with one attached hydrogen (secondary N) is 3. The first-order valence-electron chi connectivity index (χ1n) is 14.3. The second-order valence-corrected chi connectivity index (χ2v) is 13.3. The van der Waals surface area contributed by atoms with Crippen molar-refractivity contribution in [1.29, 1.82) is 0 Å². The first-order valence-corrected chi connectivity index (χ1v) is 15.2. The summed E-state index contributed by atoms with van der Waals surface area (Å²) < 4.78 is 5.48. The van der Waals surface area contributed by atoms with Gasteiger partial charge < -0.3 is 20.3 Å². The Hall–Kier alpha value is -4.22. The van der Waals surface area contributed by atoms with E-state index in [1.54, 1.807) is 23.1 Å². The van der Waals surface area contributed by atoms with Gasteiger partial charge in [-0.1, -0.05) is 42.5 Å². The number of amides is 3. The van der Waals surface area contributed by atoms with Gasteiger partial charge in [-0.3, -0.25) is 19.6 Å². The average molecular weight is 603 g/mol. The van der Waals surface area contributed by atoms with Gasteiger partial charge in [-0.25, -0.2) is 4.79 Å². The molecular weight excluding hydrogens is 564 g/mol. The summed E-state index contributed by atoms with van der Waals surface area (Å²) in [5.41, 5.74) is 1.54. The fraction of sp³-hybridized carbons (Fsp3) is 0.375. The fourth-order valence-electron chi connectivity index (χ4n) is 4.91. The maximum atomic E-state index is 13.1. The number of rotatable bonds is 7. The lowest BCUT2D eigenvalue weighted by Gasteiger charge is -2.35. The highest BCUT2D eigenvalue weighted by atomic mass is 32.1. The predicted octanol–water partition coefficient (Wildman–Crippen LogP) is 5.59. The highest BCUT2D eigenvalue weighted by Gasteiger charge is 2.27. The van der Waals surface area contributed by atoms with Crippen LogP contribution in [0, 0.1) is 0 Å². The summed E-state index contributed by atoms with van der Waals surface area (Å²) in [5, 5.41) is 13.9. The molecule has 2 aromatic carbocycles. The van der Waals surface area contributed by atoms with Gasteiger partial charge in [0.05, 0.1) is 15.8 Å². The van der Waals surface area contributed by atoms with E-state index >= 15 is 0 Å². The molecule has 10 nitrogen and oxygen atoms in total. The van der Waals surface area contributed by atoms with Crippen LogP contribution in [0.25, 0.3) is 10.2 Å². The van der Waals surface area contributed by atoms with Gasteiger partial charge in [0.2, 0.25) is 0 Å². The molecule has 0 radical (unpaired) electrons. The van der Waals surface area contributed by atoms with Gasteiger partial charge in [-0.2, -0.15) is 5.10 Å². The SMILES string of the molecule is CC(C)(C)OC(=O)N1CCN(Cc2ccc(C(=O)Nc3[nH]nc4sc(C(=O)NC(C)(C)c5ccccc5)cc34)cc2)CC1. The minimum atomic E-state index is -0.552. The molecule has 226 valence electrons. The Balaban J connectivity index is 1.16. The lowest BCUT2D eigenvalue weighted by atomic mass is 9.94. The smallest absolute Gasteiger partial charge is 0.410 e. The summed E-state index contributed by atoms with van der Waals surface area (Å²) in [4.78, 5) is 43.6. The molecule has 1 aliphatic heterocycles. The quantitative estimate of drug-likeness (QED) is 0.254. The van der Waals surface area contributed by atoms with Crippen LogP contribution < -0.4 is 10.6 Å². The van der Waals surface area contributed by atoms with Crippen molar-refractivity contribution in [2.45, 2.75) is 52.3 Å². The Bertz CT molecular complexity index is 1600. The number of fused-ring (bicyclic) bond motifs is 1. The number of ether oxygens (including phenoxy) is 1. The van der Waals surface area contributed by atoms with E-state index in [9.17, 15) is 14.4 Å². The van der Waals surface area contributed by atoms with Crippen molar-refractivity contribution in [2.24, 2.45) is 0 Å². The third-order valence-electron chi connectivity index (χ3n) is 7.28. The van der Waals surface area contributed by atoms with Crippen LogP contribution in [-0.4, -0.2) is 69.7 Å². The average Bonchev–Trinajstić information content (AvgIpc) is 3.55. The van der Waals surface area contributed by atoms with E-state index in [0.29, 0.717) is 39.6 Å². The molecule has 3 amide bonds. The zero-order valence-corrected chi connectivity index (χ0v) is 26.0. The van der Waals surface area contributed by atoms with E-state index in [0.717, 1.165) is 30.8 Å². The number of aromatic nitrogens is 2. The van der Waals surface area contributed by atoms with Crippen LogP contribution >= 0.6 is 11.3 Å². The van der Waals surface area contributed by atoms with Crippen molar-refractivity contribution in [3.05, 3.63) is 82.2 Å². The van der Waals surface area contributed by atoms with Crippen LogP contribution in [0.4, 0.5) is 10.6 Å². The number of piperazine rings is 1.